The smallest absolute Gasteiger partial charge is 0.223 e. The summed E-state index contributed by atoms with van der Waals surface area (Å²) in [5.74, 6) is 1.92. The molecule has 5 heteroatoms. The Labute approximate surface area is 191 Å². The van der Waals surface area contributed by atoms with Gasteiger partial charge in [0.1, 0.15) is 5.82 Å². The van der Waals surface area contributed by atoms with Crippen molar-refractivity contribution in [3.63, 3.8) is 0 Å². The van der Waals surface area contributed by atoms with Gasteiger partial charge in [0.2, 0.25) is 5.91 Å². The molecule has 2 aliphatic rings. The van der Waals surface area contributed by atoms with Crippen LogP contribution < -0.4 is 11.1 Å². The second kappa shape index (κ2) is 9.85. The van der Waals surface area contributed by atoms with Crippen LogP contribution in [0.15, 0.2) is 36.4 Å². The first-order valence-corrected chi connectivity index (χ1v) is 12.0. The van der Waals surface area contributed by atoms with Crippen LogP contribution in [-0.4, -0.2) is 22.7 Å². The molecule has 0 radical (unpaired) electrons. The highest BCUT2D eigenvalue weighted by molar-refractivity contribution is 5.89. The molecule has 1 heterocycles. The number of anilines is 1. The van der Waals surface area contributed by atoms with Gasteiger partial charge in [-0.05, 0) is 93.4 Å². The van der Waals surface area contributed by atoms with Crippen LogP contribution in [0.4, 0.5) is 5.82 Å². The third-order valence-corrected chi connectivity index (χ3v) is 7.14. The van der Waals surface area contributed by atoms with Gasteiger partial charge >= 0.3 is 0 Å². The van der Waals surface area contributed by atoms with Crippen molar-refractivity contribution in [3.8, 4) is 0 Å². The van der Waals surface area contributed by atoms with E-state index in [1.165, 1.54) is 24.0 Å². The number of aromatic nitrogens is 1. The van der Waals surface area contributed by atoms with Crippen LogP contribution in [0.25, 0.3) is 0 Å². The lowest BCUT2D eigenvalue weighted by molar-refractivity contribution is -0.129. The van der Waals surface area contributed by atoms with Crippen molar-refractivity contribution < 1.29 is 9.59 Å². The van der Waals surface area contributed by atoms with Crippen molar-refractivity contribution >= 4 is 17.5 Å². The first-order chi connectivity index (χ1) is 15.4. The summed E-state index contributed by atoms with van der Waals surface area (Å²) < 4.78 is 0. The minimum Gasteiger partial charge on any atom is -0.384 e. The van der Waals surface area contributed by atoms with E-state index in [9.17, 15) is 9.59 Å². The summed E-state index contributed by atoms with van der Waals surface area (Å²) in [6, 6.07) is 12.2. The maximum Gasteiger partial charge on any atom is 0.223 e. The van der Waals surface area contributed by atoms with Crippen LogP contribution in [0.3, 0.4) is 0 Å². The number of nitrogens with two attached hydrogens (primary N) is 1. The number of rotatable bonds is 9. The number of nitrogen functional groups attached to an aromatic ring is 1. The molecule has 2 saturated carbocycles. The molecule has 3 atom stereocenters. The average Bonchev–Trinajstić information content (AvgIpc) is 3.52. The maximum atomic E-state index is 12.8. The van der Waals surface area contributed by atoms with Crippen LogP contribution in [0, 0.1) is 18.8 Å². The fraction of sp³-hybridized carbons (Fsp3) is 0.519. The van der Waals surface area contributed by atoms with Gasteiger partial charge in [0.05, 0.1) is 6.04 Å². The Balaban J connectivity index is 1.22. The maximum absolute atomic E-state index is 12.8. The van der Waals surface area contributed by atoms with Gasteiger partial charge in [0.15, 0.2) is 5.78 Å². The quantitative estimate of drug-likeness (QED) is 0.609. The molecule has 0 saturated heterocycles. The van der Waals surface area contributed by atoms with Crippen molar-refractivity contribution in [3.05, 3.63) is 58.8 Å². The highest BCUT2D eigenvalue weighted by Crippen LogP contribution is 2.41. The summed E-state index contributed by atoms with van der Waals surface area (Å²) in [7, 11) is 0. The number of hydrogen-bond acceptors (Lipinski definition) is 4. The topological polar surface area (TPSA) is 85.1 Å². The molecule has 4 rings (SSSR count). The Hall–Kier alpha value is -2.69. The number of carbonyl (C=O) groups is 2. The van der Waals surface area contributed by atoms with Crippen LogP contribution in [0.2, 0.25) is 0 Å². The van der Waals surface area contributed by atoms with Crippen LogP contribution in [0.1, 0.15) is 73.8 Å². The highest BCUT2D eigenvalue weighted by Gasteiger charge is 2.31. The van der Waals surface area contributed by atoms with Gasteiger partial charge in [0, 0.05) is 18.0 Å². The monoisotopic (exact) mass is 433 g/mol. The van der Waals surface area contributed by atoms with E-state index in [-0.39, 0.29) is 17.6 Å². The van der Waals surface area contributed by atoms with E-state index in [2.05, 4.69) is 34.6 Å². The largest absolute Gasteiger partial charge is 0.384 e. The molecule has 5 nitrogen and oxygen atoms in total. The number of ketones is 1. The van der Waals surface area contributed by atoms with E-state index in [1.807, 2.05) is 13.0 Å². The minimum absolute atomic E-state index is 0.0189. The number of amides is 1. The fourth-order valence-corrected chi connectivity index (χ4v) is 4.98. The van der Waals surface area contributed by atoms with Gasteiger partial charge in [0.25, 0.3) is 0 Å². The molecule has 1 aromatic carbocycles. The second-order valence-corrected chi connectivity index (χ2v) is 9.78. The predicted octanol–water partition coefficient (Wildman–Crippen LogP) is 4.52. The standard InChI is InChI=1S/C27H35N3O2/c1-17-21(11-13-26(28)29-17)10-12-25(31)18(2)30-27(32)24-7-6-20(16-24)14-19-4-3-5-23(15-19)22-8-9-22/h3-5,11,13,15,18,20,22,24H,6-10,12,14,16H2,1-2H3,(H2,28,29)(H,30,32)/t18-,20-,24+/m0/s1. The van der Waals surface area contributed by atoms with Crippen molar-refractivity contribution in [1.82, 2.24) is 10.3 Å². The molecule has 32 heavy (non-hydrogen) atoms. The average molecular weight is 434 g/mol. The van der Waals surface area contributed by atoms with E-state index < -0.39 is 6.04 Å². The SMILES string of the molecule is Cc1nc(N)ccc1CCC(=O)[C@H](C)NC(=O)[C@@H]1CC[C@@H](Cc2cccc(C3CC3)c2)C1. The zero-order chi connectivity index (χ0) is 22.7. The molecular formula is C27H35N3O2. The zero-order valence-corrected chi connectivity index (χ0v) is 19.3. The Morgan fingerprint density at radius 3 is 2.72 bits per heavy atom. The summed E-state index contributed by atoms with van der Waals surface area (Å²) in [6.07, 6.45) is 7.60. The van der Waals surface area contributed by atoms with E-state index in [4.69, 9.17) is 5.73 Å². The first-order valence-electron chi connectivity index (χ1n) is 12.0. The molecule has 2 aliphatic carbocycles. The lowest BCUT2D eigenvalue weighted by Crippen LogP contribution is -2.41. The number of nitrogens with one attached hydrogen (secondary N) is 1. The van der Waals surface area contributed by atoms with Crippen LogP contribution in [0.5, 0.6) is 0 Å². The predicted molar refractivity (Wildman–Crippen MR) is 127 cm³/mol. The molecule has 0 bridgehead atoms. The Kier molecular flexibility index (Phi) is 6.92. The van der Waals surface area contributed by atoms with Gasteiger partial charge < -0.3 is 11.1 Å². The van der Waals surface area contributed by atoms with Crippen molar-refractivity contribution in [2.24, 2.45) is 11.8 Å². The molecular weight excluding hydrogens is 398 g/mol. The molecule has 1 aromatic heterocycles. The normalized spacial score (nSPS) is 21.3. The Morgan fingerprint density at radius 2 is 1.97 bits per heavy atom. The van der Waals surface area contributed by atoms with E-state index >= 15 is 0 Å². The number of pyridine rings is 1. The number of Topliss-reactive ketones (excluding diaryl/α,β-unsaturated/α-hetero) is 1. The number of hydrogen-bond donors (Lipinski definition) is 2. The minimum atomic E-state index is -0.459. The molecule has 2 aromatic rings. The Bertz CT molecular complexity index is 983. The zero-order valence-electron chi connectivity index (χ0n) is 19.3. The number of benzene rings is 1. The fourth-order valence-electron chi connectivity index (χ4n) is 4.98. The summed E-state index contributed by atoms with van der Waals surface area (Å²) in [6.45, 7) is 3.70. The molecule has 1 amide bonds. The number of nitrogens with zero attached hydrogens (tertiary/aromatic N) is 1. The van der Waals surface area contributed by atoms with Crippen molar-refractivity contribution in [2.75, 3.05) is 5.73 Å². The summed E-state index contributed by atoms with van der Waals surface area (Å²) in [5, 5.41) is 2.97. The summed E-state index contributed by atoms with van der Waals surface area (Å²) >= 11 is 0. The van der Waals surface area contributed by atoms with Gasteiger partial charge in [-0.25, -0.2) is 4.98 Å². The first kappa shape index (κ1) is 22.5. The van der Waals surface area contributed by atoms with Gasteiger partial charge in [-0.2, -0.15) is 0 Å². The van der Waals surface area contributed by atoms with Crippen LogP contribution >= 0.6 is 0 Å². The summed E-state index contributed by atoms with van der Waals surface area (Å²) in [4.78, 5) is 29.6. The van der Waals surface area contributed by atoms with Gasteiger partial charge in [-0.15, -0.1) is 0 Å². The molecule has 0 unspecified atom stereocenters. The molecule has 3 N–H and O–H groups in total. The third-order valence-electron chi connectivity index (χ3n) is 7.14. The molecule has 0 aliphatic heterocycles. The summed E-state index contributed by atoms with van der Waals surface area (Å²) in [5.41, 5.74) is 10.5. The number of aryl methyl sites for hydroxylation is 2. The van der Waals surface area contributed by atoms with Crippen LogP contribution in [-0.2, 0) is 22.4 Å². The molecule has 2 fully saturated rings. The van der Waals surface area contributed by atoms with E-state index in [0.29, 0.717) is 24.6 Å². The van der Waals surface area contributed by atoms with Crippen molar-refractivity contribution in [2.45, 2.75) is 77.2 Å². The Morgan fingerprint density at radius 1 is 1.16 bits per heavy atom. The van der Waals surface area contributed by atoms with Crippen molar-refractivity contribution in [1.29, 1.82) is 0 Å². The highest BCUT2D eigenvalue weighted by atomic mass is 16.2. The van der Waals surface area contributed by atoms with E-state index in [0.717, 1.165) is 42.9 Å². The lowest BCUT2D eigenvalue weighted by atomic mass is 9.94. The molecule has 170 valence electrons. The third kappa shape index (κ3) is 5.76. The van der Waals surface area contributed by atoms with Gasteiger partial charge in [-0.1, -0.05) is 30.3 Å². The van der Waals surface area contributed by atoms with Gasteiger partial charge in [-0.3, -0.25) is 9.59 Å². The van der Waals surface area contributed by atoms with E-state index in [1.54, 1.807) is 13.0 Å². The second-order valence-electron chi connectivity index (χ2n) is 9.78. The lowest BCUT2D eigenvalue weighted by Gasteiger charge is -2.17. The number of carbonyl (C=O) groups excluding carboxylic acids is 2. The molecule has 0 spiro atoms.